The normalized spacial score (nSPS) is 15.5. The molecule has 0 atom stereocenters. The summed E-state index contributed by atoms with van der Waals surface area (Å²) in [5.74, 6) is -3.51. The van der Waals surface area contributed by atoms with E-state index in [1.807, 2.05) is 0 Å². The molecule has 2 amide bonds. The molecule has 8 nitrogen and oxygen atoms in total. The second-order valence-corrected chi connectivity index (χ2v) is 8.06. The van der Waals surface area contributed by atoms with Gasteiger partial charge in [0.25, 0.3) is 11.8 Å². The van der Waals surface area contributed by atoms with Crippen LogP contribution in [0, 0.1) is 11.6 Å². The summed E-state index contributed by atoms with van der Waals surface area (Å²) in [6, 6.07) is 5.27. The number of benzene rings is 1. The van der Waals surface area contributed by atoms with E-state index >= 15 is 0 Å². The Morgan fingerprint density at radius 1 is 1.12 bits per heavy atom. The molecule has 32 heavy (non-hydrogen) atoms. The summed E-state index contributed by atoms with van der Waals surface area (Å²) in [6.07, 6.45) is 0. The van der Waals surface area contributed by atoms with Crippen LogP contribution in [0.2, 0.25) is 0 Å². The molecule has 1 aromatic carbocycles. The van der Waals surface area contributed by atoms with Crippen molar-refractivity contribution in [1.29, 1.82) is 0 Å². The second-order valence-electron chi connectivity index (χ2n) is 8.06. The van der Waals surface area contributed by atoms with Gasteiger partial charge in [-0.05, 0) is 32.0 Å². The predicted molar refractivity (Wildman–Crippen MR) is 113 cm³/mol. The summed E-state index contributed by atoms with van der Waals surface area (Å²) in [5.41, 5.74) is 4.70. The van der Waals surface area contributed by atoms with E-state index in [2.05, 4.69) is 29.0 Å². The van der Waals surface area contributed by atoms with Gasteiger partial charge in [0.05, 0.1) is 11.9 Å². The summed E-state index contributed by atoms with van der Waals surface area (Å²) in [6.45, 7) is 8.59. The molecule has 3 heterocycles. The number of hydrogen-bond donors (Lipinski definition) is 2. The minimum atomic E-state index is -1.03. The Balaban J connectivity index is 1.50. The van der Waals surface area contributed by atoms with Crippen molar-refractivity contribution in [3.05, 3.63) is 53.2 Å². The quantitative estimate of drug-likeness (QED) is 0.603. The number of nitrogens with two attached hydrogens (primary N) is 1. The molecule has 2 aromatic heterocycles. The van der Waals surface area contributed by atoms with Gasteiger partial charge in [0, 0.05) is 38.3 Å². The van der Waals surface area contributed by atoms with Gasteiger partial charge in [-0.1, -0.05) is 0 Å². The molecule has 4 rings (SSSR count). The molecule has 0 saturated carbocycles. The van der Waals surface area contributed by atoms with E-state index in [1.54, 1.807) is 6.07 Å². The van der Waals surface area contributed by atoms with Crippen molar-refractivity contribution in [2.75, 3.05) is 31.5 Å². The van der Waals surface area contributed by atoms with E-state index in [4.69, 9.17) is 14.6 Å². The molecule has 1 saturated heterocycles. The molecule has 0 aliphatic carbocycles. The van der Waals surface area contributed by atoms with Gasteiger partial charge in [-0.25, -0.2) is 8.78 Å². The van der Waals surface area contributed by atoms with Crippen LogP contribution in [-0.2, 0) is 6.54 Å². The fraction of sp³-hybridized carbons (Fsp3) is 0.364. The lowest BCUT2D eigenvalue weighted by Crippen LogP contribution is -2.48. The topological polar surface area (TPSA) is 105 Å². The lowest BCUT2D eigenvalue weighted by Gasteiger charge is -2.36. The van der Waals surface area contributed by atoms with Crippen molar-refractivity contribution >= 4 is 28.5 Å². The number of furan rings is 2. The average molecular weight is 446 g/mol. The highest BCUT2D eigenvalue weighted by molar-refractivity contribution is 6.13. The van der Waals surface area contributed by atoms with Gasteiger partial charge in [-0.15, -0.1) is 0 Å². The number of hydrogen-bond acceptors (Lipinski definition) is 6. The fourth-order valence-electron chi connectivity index (χ4n) is 3.84. The highest BCUT2D eigenvalue weighted by Gasteiger charge is 2.25. The molecule has 0 spiro atoms. The van der Waals surface area contributed by atoms with Crippen molar-refractivity contribution in [1.82, 2.24) is 9.80 Å². The Labute approximate surface area is 182 Å². The summed E-state index contributed by atoms with van der Waals surface area (Å²) >= 11 is 0. The molecular weight excluding hydrogens is 422 g/mol. The molecule has 1 fully saturated rings. The summed E-state index contributed by atoms with van der Waals surface area (Å²) in [4.78, 5) is 29.1. The number of amides is 2. The zero-order chi connectivity index (χ0) is 23.0. The lowest BCUT2D eigenvalue weighted by atomic mass is 10.2. The van der Waals surface area contributed by atoms with Crippen LogP contribution in [-0.4, -0.2) is 53.8 Å². The first kappa shape index (κ1) is 22.0. The Morgan fingerprint density at radius 3 is 2.50 bits per heavy atom. The Bertz CT molecular complexity index is 1160. The predicted octanol–water partition coefficient (Wildman–Crippen LogP) is 3.18. The van der Waals surface area contributed by atoms with Crippen LogP contribution in [0.4, 0.5) is 14.5 Å². The van der Waals surface area contributed by atoms with Crippen LogP contribution in [0.1, 0.15) is 40.7 Å². The SMILES string of the molecule is CC(C)N1CCN(Cc2ccc(C(=O)Nc3c(C(N)=O)oc4c(F)cc(F)cc34)o2)CC1. The number of nitrogens with one attached hydrogen (secondary N) is 1. The number of anilines is 1. The Kier molecular flexibility index (Phi) is 5.98. The first-order valence-electron chi connectivity index (χ1n) is 10.3. The number of nitrogens with zero attached hydrogens (tertiary/aromatic N) is 2. The van der Waals surface area contributed by atoms with Crippen molar-refractivity contribution in [2.45, 2.75) is 26.4 Å². The maximum atomic E-state index is 14.0. The van der Waals surface area contributed by atoms with E-state index in [9.17, 15) is 18.4 Å². The second kappa shape index (κ2) is 8.71. The Morgan fingerprint density at radius 2 is 1.84 bits per heavy atom. The van der Waals surface area contributed by atoms with Crippen molar-refractivity contribution in [3.8, 4) is 0 Å². The largest absolute Gasteiger partial charge is 0.455 e. The molecule has 10 heteroatoms. The number of carbonyl (C=O) groups excluding carboxylic acids is 2. The molecule has 170 valence electrons. The number of rotatable bonds is 6. The number of carbonyl (C=O) groups is 2. The number of halogens is 2. The van der Waals surface area contributed by atoms with Crippen LogP contribution in [0.15, 0.2) is 33.1 Å². The molecule has 0 unspecified atom stereocenters. The maximum Gasteiger partial charge on any atom is 0.291 e. The number of primary amides is 1. The third-order valence-electron chi connectivity index (χ3n) is 5.57. The van der Waals surface area contributed by atoms with Gasteiger partial charge in [-0.2, -0.15) is 0 Å². The summed E-state index contributed by atoms with van der Waals surface area (Å²) in [7, 11) is 0. The van der Waals surface area contributed by atoms with Gasteiger partial charge in [0.2, 0.25) is 5.76 Å². The monoisotopic (exact) mass is 446 g/mol. The van der Waals surface area contributed by atoms with E-state index in [-0.39, 0.29) is 22.4 Å². The van der Waals surface area contributed by atoms with E-state index < -0.39 is 29.2 Å². The van der Waals surface area contributed by atoms with Crippen LogP contribution >= 0.6 is 0 Å². The van der Waals surface area contributed by atoms with Crippen molar-refractivity contribution < 1.29 is 27.2 Å². The van der Waals surface area contributed by atoms with Crippen LogP contribution in [0.5, 0.6) is 0 Å². The molecular formula is C22H24F2N4O4. The van der Waals surface area contributed by atoms with Gasteiger partial charge in [0.1, 0.15) is 17.3 Å². The standard InChI is InChI=1S/C22H24F2N4O4/c1-12(2)28-7-5-27(6-8-28)11-14-3-4-17(31-14)22(30)26-18-15-9-13(23)10-16(24)19(15)32-20(18)21(25)29/h3-4,9-10,12H,5-8,11H2,1-2H3,(H2,25,29)(H,26,30). The first-order valence-corrected chi connectivity index (χ1v) is 10.3. The van der Waals surface area contributed by atoms with Gasteiger partial charge in [0.15, 0.2) is 17.2 Å². The van der Waals surface area contributed by atoms with E-state index in [1.165, 1.54) is 6.07 Å². The minimum Gasteiger partial charge on any atom is -0.455 e. The van der Waals surface area contributed by atoms with Gasteiger partial charge >= 0.3 is 0 Å². The van der Waals surface area contributed by atoms with E-state index in [0.717, 1.165) is 32.2 Å². The maximum absolute atomic E-state index is 14.0. The lowest BCUT2D eigenvalue weighted by molar-refractivity contribution is 0.0949. The van der Waals surface area contributed by atoms with Crippen LogP contribution in [0.3, 0.4) is 0 Å². The smallest absolute Gasteiger partial charge is 0.291 e. The third kappa shape index (κ3) is 4.37. The molecule has 3 N–H and O–H groups in total. The first-order chi connectivity index (χ1) is 15.2. The van der Waals surface area contributed by atoms with Gasteiger partial charge in [-0.3, -0.25) is 19.4 Å². The average Bonchev–Trinajstić information content (AvgIpc) is 3.34. The van der Waals surface area contributed by atoms with Gasteiger partial charge < -0.3 is 19.9 Å². The summed E-state index contributed by atoms with van der Waals surface area (Å²) in [5, 5.41) is 2.33. The van der Waals surface area contributed by atoms with Crippen LogP contribution < -0.4 is 11.1 Å². The van der Waals surface area contributed by atoms with Crippen molar-refractivity contribution in [3.63, 3.8) is 0 Å². The highest BCUT2D eigenvalue weighted by Crippen LogP contribution is 2.33. The third-order valence-corrected chi connectivity index (χ3v) is 5.57. The Hall–Kier alpha value is -3.24. The zero-order valence-electron chi connectivity index (χ0n) is 17.8. The molecule has 0 radical (unpaired) electrons. The number of piperazine rings is 1. The fourth-order valence-corrected chi connectivity index (χ4v) is 3.84. The van der Waals surface area contributed by atoms with E-state index in [0.29, 0.717) is 24.4 Å². The number of fused-ring (bicyclic) bond motifs is 1. The molecule has 1 aliphatic rings. The highest BCUT2D eigenvalue weighted by atomic mass is 19.1. The minimum absolute atomic E-state index is 0.0116. The van der Waals surface area contributed by atoms with Crippen molar-refractivity contribution in [2.24, 2.45) is 5.73 Å². The summed E-state index contributed by atoms with van der Waals surface area (Å²) < 4.78 is 38.6. The van der Waals surface area contributed by atoms with Crippen LogP contribution in [0.25, 0.3) is 11.0 Å². The molecule has 0 bridgehead atoms. The molecule has 3 aromatic rings. The zero-order valence-corrected chi connectivity index (χ0v) is 17.8. The molecule has 1 aliphatic heterocycles.